The van der Waals surface area contributed by atoms with Gasteiger partial charge < -0.3 is 9.47 Å². The van der Waals surface area contributed by atoms with Gasteiger partial charge in [0.25, 0.3) is 0 Å². The second-order valence-electron chi connectivity index (χ2n) is 8.20. The largest absolute Gasteiger partial charge is 0.444 e. The molecule has 2 N–H and O–H groups in total. The number of ether oxygens (including phenoxy) is 2. The zero-order valence-corrected chi connectivity index (χ0v) is 17.8. The fourth-order valence-corrected chi connectivity index (χ4v) is 2.00. The molecule has 0 heterocycles. The van der Waals surface area contributed by atoms with E-state index < -0.39 is 23.4 Å². The number of alkyl carbamates (subject to hydrolysis) is 2. The van der Waals surface area contributed by atoms with Crippen molar-refractivity contribution in [1.29, 1.82) is 0 Å². The van der Waals surface area contributed by atoms with E-state index in [-0.39, 0.29) is 12.5 Å². The molecule has 0 aliphatic rings. The lowest BCUT2D eigenvalue weighted by atomic mass is 10.1. The van der Waals surface area contributed by atoms with Crippen LogP contribution in [0.1, 0.15) is 54.0 Å². The summed E-state index contributed by atoms with van der Waals surface area (Å²) in [6.45, 7) is 12.7. The zero-order valence-electron chi connectivity index (χ0n) is 17.8. The van der Waals surface area contributed by atoms with E-state index in [0.717, 1.165) is 11.1 Å². The van der Waals surface area contributed by atoms with Gasteiger partial charge in [0.15, 0.2) is 0 Å². The molecule has 0 saturated heterocycles. The number of benzene rings is 1. The fraction of sp³-hybridized carbons (Fsp3) is 0.476. The summed E-state index contributed by atoms with van der Waals surface area (Å²) >= 11 is 0. The predicted octanol–water partition coefficient (Wildman–Crippen LogP) is 4.50. The summed E-state index contributed by atoms with van der Waals surface area (Å²) in [5.74, 6) is -0.0411. The Morgan fingerprint density at radius 3 is 1.82 bits per heavy atom. The highest BCUT2D eigenvalue weighted by molar-refractivity contribution is 6.01. The normalized spacial score (nSPS) is 12.0. The van der Waals surface area contributed by atoms with Gasteiger partial charge in [-0.05, 0) is 59.6 Å². The van der Waals surface area contributed by atoms with E-state index in [1.807, 2.05) is 43.3 Å². The number of amides is 2. The van der Waals surface area contributed by atoms with E-state index in [0.29, 0.717) is 0 Å². The van der Waals surface area contributed by atoms with Gasteiger partial charge >= 0.3 is 12.2 Å². The minimum absolute atomic E-state index is 0.0411. The molecule has 0 atom stereocenters. The number of hydrogen-bond acceptors (Lipinski definition) is 5. The van der Waals surface area contributed by atoms with Gasteiger partial charge in [0, 0.05) is 0 Å². The molecule has 0 aliphatic heterocycles. The monoisotopic (exact) mass is 389 g/mol. The first-order chi connectivity index (χ1) is 12.9. The standard InChI is InChI=1S/C21H31N3O4/c1-15(16-11-9-8-10-12-16)13-14-22-17(23-18(25)27-20(2,3)4)24-19(26)28-21(5,6)7/h8-13H,14H2,1-7H3,(H2,22,23,24,25,26)/b15-13+. The van der Waals surface area contributed by atoms with Crippen molar-refractivity contribution >= 4 is 23.7 Å². The molecule has 0 bridgehead atoms. The maximum atomic E-state index is 12.0. The highest BCUT2D eigenvalue weighted by Crippen LogP contribution is 2.12. The van der Waals surface area contributed by atoms with Crippen molar-refractivity contribution in [1.82, 2.24) is 10.6 Å². The molecule has 7 heteroatoms. The Hall–Kier alpha value is -2.83. The first-order valence-electron chi connectivity index (χ1n) is 9.12. The van der Waals surface area contributed by atoms with Crippen molar-refractivity contribution in [2.45, 2.75) is 59.7 Å². The maximum absolute atomic E-state index is 12.0. The van der Waals surface area contributed by atoms with Crippen LogP contribution >= 0.6 is 0 Å². The van der Waals surface area contributed by atoms with Crippen LogP contribution < -0.4 is 10.6 Å². The summed E-state index contributed by atoms with van der Waals surface area (Å²) in [7, 11) is 0. The fourth-order valence-electron chi connectivity index (χ4n) is 2.00. The molecule has 0 radical (unpaired) electrons. The Balaban J connectivity index is 2.87. The average molecular weight is 389 g/mol. The number of nitrogens with one attached hydrogen (secondary N) is 2. The summed E-state index contributed by atoms with van der Waals surface area (Å²) in [6, 6.07) is 9.84. The van der Waals surface area contributed by atoms with E-state index in [2.05, 4.69) is 15.6 Å². The number of guanidine groups is 1. The smallest absolute Gasteiger partial charge is 0.414 e. The van der Waals surface area contributed by atoms with Gasteiger partial charge in [-0.15, -0.1) is 0 Å². The molecule has 0 saturated carbocycles. The number of nitrogens with zero attached hydrogens (tertiary/aromatic N) is 1. The third kappa shape index (κ3) is 10.4. The van der Waals surface area contributed by atoms with Crippen LogP contribution in [0.3, 0.4) is 0 Å². The van der Waals surface area contributed by atoms with Crippen LogP contribution in [0.4, 0.5) is 9.59 Å². The summed E-state index contributed by atoms with van der Waals surface area (Å²) in [4.78, 5) is 28.3. The van der Waals surface area contributed by atoms with Gasteiger partial charge in [-0.25, -0.2) is 14.6 Å². The number of aliphatic imine (C=N–C) groups is 1. The molecule has 0 unspecified atom stereocenters. The Morgan fingerprint density at radius 2 is 1.39 bits per heavy atom. The summed E-state index contributed by atoms with van der Waals surface area (Å²) < 4.78 is 10.4. The van der Waals surface area contributed by atoms with Crippen molar-refractivity contribution < 1.29 is 19.1 Å². The molecule has 28 heavy (non-hydrogen) atoms. The summed E-state index contributed by atoms with van der Waals surface area (Å²) in [5.41, 5.74) is 0.744. The molecule has 0 aromatic heterocycles. The lowest BCUT2D eigenvalue weighted by molar-refractivity contribution is 0.0545. The highest BCUT2D eigenvalue weighted by atomic mass is 16.6. The van der Waals surface area contributed by atoms with Gasteiger partial charge in [-0.2, -0.15) is 0 Å². The number of carbonyl (C=O) groups excluding carboxylic acids is 2. The first kappa shape index (κ1) is 23.2. The average Bonchev–Trinajstić information content (AvgIpc) is 2.51. The van der Waals surface area contributed by atoms with Crippen LogP contribution in [-0.2, 0) is 9.47 Å². The number of carbonyl (C=O) groups is 2. The maximum Gasteiger partial charge on any atom is 0.414 e. The van der Waals surface area contributed by atoms with Crippen molar-refractivity contribution in [3.63, 3.8) is 0 Å². The van der Waals surface area contributed by atoms with Crippen molar-refractivity contribution in [3.8, 4) is 0 Å². The topological polar surface area (TPSA) is 89.0 Å². The van der Waals surface area contributed by atoms with Crippen LogP contribution in [0, 0.1) is 0 Å². The molecule has 0 fully saturated rings. The van der Waals surface area contributed by atoms with E-state index >= 15 is 0 Å². The molecule has 1 rings (SSSR count). The predicted molar refractivity (Wildman–Crippen MR) is 111 cm³/mol. The van der Waals surface area contributed by atoms with E-state index in [1.54, 1.807) is 41.5 Å². The minimum Gasteiger partial charge on any atom is -0.444 e. The van der Waals surface area contributed by atoms with Gasteiger partial charge in [0.05, 0.1) is 6.54 Å². The van der Waals surface area contributed by atoms with Crippen LogP contribution in [-0.4, -0.2) is 35.9 Å². The van der Waals surface area contributed by atoms with Crippen molar-refractivity contribution in [2.24, 2.45) is 4.99 Å². The Bertz CT molecular complexity index is 694. The van der Waals surface area contributed by atoms with E-state index in [4.69, 9.17) is 9.47 Å². The minimum atomic E-state index is -0.717. The molecule has 0 aliphatic carbocycles. The molecule has 0 spiro atoms. The number of allylic oxidation sites excluding steroid dienone is 1. The van der Waals surface area contributed by atoms with Crippen LogP contribution in [0.5, 0.6) is 0 Å². The third-order valence-electron chi connectivity index (χ3n) is 3.11. The number of hydrogen-bond donors (Lipinski definition) is 2. The lowest BCUT2D eigenvalue weighted by Crippen LogP contribution is -2.47. The zero-order chi connectivity index (χ0) is 21.4. The first-order valence-corrected chi connectivity index (χ1v) is 9.12. The SMILES string of the molecule is C/C(=C\CN=C(NC(=O)OC(C)(C)C)NC(=O)OC(C)(C)C)c1ccccc1. The Morgan fingerprint density at radius 1 is 0.929 bits per heavy atom. The van der Waals surface area contributed by atoms with Crippen molar-refractivity contribution in [2.75, 3.05) is 6.54 Å². The van der Waals surface area contributed by atoms with Crippen LogP contribution in [0.15, 0.2) is 41.4 Å². The van der Waals surface area contributed by atoms with Crippen LogP contribution in [0.25, 0.3) is 5.57 Å². The molecule has 7 nitrogen and oxygen atoms in total. The second kappa shape index (κ2) is 9.92. The summed E-state index contributed by atoms with van der Waals surface area (Å²) in [6.07, 6.45) is 0.459. The number of rotatable bonds is 3. The van der Waals surface area contributed by atoms with Crippen molar-refractivity contribution in [3.05, 3.63) is 42.0 Å². The van der Waals surface area contributed by atoms with E-state index in [1.165, 1.54) is 0 Å². The molecule has 2 amide bonds. The lowest BCUT2D eigenvalue weighted by Gasteiger charge is -2.22. The van der Waals surface area contributed by atoms with Gasteiger partial charge in [-0.1, -0.05) is 36.4 Å². The van der Waals surface area contributed by atoms with Gasteiger partial charge in [-0.3, -0.25) is 10.6 Å². The Kier molecular flexibility index (Phi) is 8.22. The quantitative estimate of drug-likeness (QED) is 0.588. The van der Waals surface area contributed by atoms with Gasteiger partial charge in [0.1, 0.15) is 11.2 Å². The molecule has 154 valence electrons. The summed E-state index contributed by atoms with van der Waals surface area (Å²) in [5, 5.41) is 4.90. The third-order valence-corrected chi connectivity index (χ3v) is 3.11. The van der Waals surface area contributed by atoms with Gasteiger partial charge in [0.2, 0.25) is 5.96 Å². The highest BCUT2D eigenvalue weighted by Gasteiger charge is 2.21. The molecular formula is C21H31N3O4. The Labute approximate surface area is 167 Å². The molecule has 1 aromatic rings. The van der Waals surface area contributed by atoms with Crippen LogP contribution in [0.2, 0.25) is 0 Å². The molecular weight excluding hydrogens is 358 g/mol. The second-order valence-corrected chi connectivity index (χ2v) is 8.20. The van der Waals surface area contributed by atoms with E-state index in [9.17, 15) is 9.59 Å². The molecule has 1 aromatic carbocycles.